The van der Waals surface area contributed by atoms with Gasteiger partial charge >= 0.3 is 5.37 Å². The zero-order chi connectivity index (χ0) is 8.97. The van der Waals surface area contributed by atoms with Gasteiger partial charge in [0.2, 0.25) is 0 Å². The summed E-state index contributed by atoms with van der Waals surface area (Å²) in [6.45, 7) is 0. The second kappa shape index (κ2) is 3.97. The Hall–Kier alpha value is -1.22. The summed E-state index contributed by atoms with van der Waals surface area (Å²) in [4.78, 5) is 15.5. The lowest BCUT2D eigenvalue weighted by Crippen LogP contribution is -2.24. The van der Waals surface area contributed by atoms with Crippen molar-refractivity contribution in [1.29, 1.82) is 0 Å². The molecule has 1 aromatic carbocycles. The highest BCUT2D eigenvalue weighted by Gasteiger charge is 2.04. The van der Waals surface area contributed by atoms with Crippen LogP contribution in [0.15, 0.2) is 30.3 Å². The Labute approximate surface area is 75.5 Å². The molecular formula is C8H8ClNO2. The van der Waals surface area contributed by atoms with Crippen LogP contribution in [0.3, 0.4) is 0 Å². The number of hydrogen-bond donors (Lipinski definition) is 0. The summed E-state index contributed by atoms with van der Waals surface area (Å²) >= 11 is 5.14. The fourth-order valence-corrected chi connectivity index (χ4v) is 0.710. The SMILES string of the molecule is CN(Oc1ccccc1)C(=O)Cl. The third kappa shape index (κ3) is 2.43. The smallest absolute Gasteiger partial charge is 0.348 e. The molecule has 4 heteroatoms. The first-order valence-electron chi connectivity index (χ1n) is 3.36. The molecule has 64 valence electrons. The van der Waals surface area contributed by atoms with Crippen LogP contribution in [0.1, 0.15) is 0 Å². The van der Waals surface area contributed by atoms with Gasteiger partial charge in [0.05, 0.1) is 0 Å². The third-order valence-electron chi connectivity index (χ3n) is 1.23. The van der Waals surface area contributed by atoms with Crippen LogP contribution in [0.4, 0.5) is 4.79 Å². The number of hydroxylamine groups is 2. The van der Waals surface area contributed by atoms with Crippen molar-refractivity contribution >= 4 is 17.0 Å². The van der Waals surface area contributed by atoms with Crippen molar-refractivity contribution in [2.45, 2.75) is 0 Å². The molecule has 0 saturated heterocycles. The molecule has 0 unspecified atom stereocenters. The molecule has 0 aliphatic carbocycles. The van der Waals surface area contributed by atoms with Crippen molar-refractivity contribution in [3.8, 4) is 5.75 Å². The molecule has 0 bridgehead atoms. The molecule has 0 aromatic heterocycles. The maximum Gasteiger partial charge on any atom is 0.348 e. The van der Waals surface area contributed by atoms with E-state index in [1.807, 2.05) is 18.2 Å². The van der Waals surface area contributed by atoms with Crippen molar-refractivity contribution in [3.05, 3.63) is 30.3 Å². The van der Waals surface area contributed by atoms with Crippen LogP contribution in [-0.2, 0) is 0 Å². The average Bonchev–Trinajstić information content (AvgIpc) is 2.06. The molecule has 1 rings (SSSR count). The summed E-state index contributed by atoms with van der Waals surface area (Å²) < 4.78 is 0. The van der Waals surface area contributed by atoms with Crippen molar-refractivity contribution in [1.82, 2.24) is 5.06 Å². The van der Waals surface area contributed by atoms with E-state index in [2.05, 4.69) is 0 Å². The second-order valence-electron chi connectivity index (χ2n) is 2.15. The number of amides is 1. The van der Waals surface area contributed by atoms with Crippen molar-refractivity contribution in [2.24, 2.45) is 0 Å². The molecule has 0 atom stereocenters. The highest BCUT2D eigenvalue weighted by molar-refractivity contribution is 6.62. The number of halogens is 1. The fourth-order valence-electron chi connectivity index (χ4n) is 0.675. The molecule has 1 amide bonds. The Morgan fingerprint density at radius 2 is 2.00 bits per heavy atom. The predicted octanol–water partition coefficient (Wildman–Crippen LogP) is 2.27. The summed E-state index contributed by atoms with van der Waals surface area (Å²) in [5.41, 5.74) is 0. The number of carbonyl (C=O) groups excluding carboxylic acids is 1. The fraction of sp³-hybridized carbons (Fsp3) is 0.125. The van der Waals surface area contributed by atoms with Crippen molar-refractivity contribution in [3.63, 3.8) is 0 Å². The van der Waals surface area contributed by atoms with E-state index < -0.39 is 5.37 Å². The van der Waals surface area contributed by atoms with E-state index >= 15 is 0 Å². The molecular weight excluding hydrogens is 178 g/mol. The summed E-state index contributed by atoms with van der Waals surface area (Å²) in [6, 6.07) is 8.94. The van der Waals surface area contributed by atoms with Gasteiger partial charge in [-0.25, -0.2) is 0 Å². The zero-order valence-corrected chi connectivity index (χ0v) is 7.28. The summed E-state index contributed by atoms with van der Waals surface area (Å²) in [5.74, 6) is 0.578. The van der Waals surface area contributed by atoms with E-state index in [0.29, 0.717) is 5.75 Å². The van der Waals surface area contributed by atoms with Crippen LogP contribution in [-0.4, -0.2) is 17.5 Å². The van der Waals surface area contributed by atoms with E-state index in [0.717, 1.165) is 5.06 Å². The average molecular weight is 186 g/mol. The topological polar surface area (TPSA) is 29.5 Å². The zero-order valence-electron chi connectivity index (χ0n) is 6.53. The Bertz CT molecular complexity index is 263. The second-order valence-corrected chi connectivity index (χ2v) is 2.48. The Kier molecular flexibility index (Phi) is 2.94. The largest absolute Gasteiger partial charge is 0.376 e. The van der Waals surface area contributed by atoms with Crippen LogP contribution < -0.4 is 4.84 Å². The van der Waals surface area contributed by atoms with E-state index in [1.54, 1.807) is 12.1 Å². The Morgan fingerprint density at radius 3 is 2.50 bits per heavy atom. The Balaban J connectivity index is 2.58. The van der Waals surface area contributed by atoms with E-state index in [1.165, 1.54) is 7.05 Å². The first-order chi connectivity index (χ1) is 5.70. The summed E-state index contributed by atoms with van der Waals surface area (Å²) in [5, 5.41) is 0.301. The lowest BCUT2D eigenvalue weighted by Gasteiger charge is -2.13. The first kappa shape index (κ1) is 8.87. The first-order valence-corrected chi connectivity index (χ1v) is 3.74. The molecule has 3 nitrogen and oxygen atoms in total. The van der Waals surface area contributed by atoms with Crippen LogP contribution >= 0.6 is 11.6 Å². The van der Waals surface area contributed by atoms with Crippen molar-refractivity contribution < 1.29 is 9.63 Å². The number of para-hydroxylation sites is 1. The molecule has 0 radical (unpaired) electrons. The normalized spacial score (nSPS) is 9.17. The van der Waals surface area contributed by atoms with Gasteiger partial charge in [-0.2, -0.15) is 5.06 Å². The quantitative estimate of drug-likeness (QED) is 0.402. The maximum atomic E-state index is 10.5. The maximum absolute atomic E-state index is 10.5. The van der Waals surface area contributed by atoms with Gasteiger partial charge < -0.3 is 4.84 Å². The lowest BCUT2D eigenvalue weighted by molar-refractivity contribution is 0.0247. The molecule has 0 aliphatic rings. The van der Waals surface area contributed by atoms with Gasteiger partial charge in [0.25, 0.3) is 0 Å². The molecule has 0 N–H and O–H groups in total. The predicted molar refractivity (Wildman–Crippen MR) is 46.1 cm³/mol. The van der Waals surface area contributed by atoms with E-state index in [-0.39, 0.29) is 0 Å². The number of rotatable bonds is 2. The van der Waals surface area contributed by atoms with Crippen LogP contribution in [0.5, 0.6) is 5.75 Å². The van der Waals surface area contributed by atoms with E-state index in [4.69, 9.17) is 16.4 Å². The monoisotopic (exact) mass is 185 g/mol. The molecule has 0 aliphatic heterocycles. The van der Waals surface area contributed by atoms with Gasteiger partial charge in [0.15, 0.2) is 5.75 Å². The molecule has 0 heterocycles. The Morgan fingerprint density at radius 1 is 1.42 bits per heavy atom. The number of nitrogens with zero attached hydrogens (tertiary/aromatic N) is 1. The van der Waals surface area contributed by atoms with Gasteiger partial charge in [0, 0.05) is 7.05 Å². The number of carbonyl (C=O) groups is 1. The van der Waals surface area contributed by atoms with Gasteiger partial charge in [-0.3, -0.25) is 4.79 Å². The minimum absolute atomic E-state index is 0.578. The summed E-state index contributed by atoms with van der Waals surface area (Å²) in [6.07, 6.45) is 0. The molecule has 0 saturated carbocycles. The highest BCUT2D eigenvalue weighted by atomic mass is 35.5. The molecule has 12 heavy (non-hydrogen) atoms. The third-order valence-corrected chi connectivity index (χ3v) is 1.47. The minimum Gasteiger partial charge on any atom is -0.376 e. The van der Waals surface area contributed by atoms with Crippen LogP contribution in [0.25, 0.3) is 0 Å². The van der Waals surface area contributed by atoms with Crippen LogP contribution in [0, 0.1) is 0 Å². The van der Waals surface area contributed by atoms with Gasteiger partial charge in [-0.1, -0.05) is 18.2 Å². The number of hydrogen-bond acceptors (Lipinski definition) is 2. The molecule has 0 spiro atoms. The highest BCUT2D eigenvalue weighted by Crippen LogP contribution is 2.10. The summed E-state index contributed by atoms with van der Waals surface area (Å²) in [7, 11) is 1.45. The van der Waals surface area contributed by atoms with Gasteiger partial charge in [0.1, 0.15) is 0 Å². The van der Waals surface area contributed by atoms with E-state index in [9.17, 15) is 4.79 Å². The number of benzene rings is 1. The lowest BCUT2D eigenvalue weighted by atomic mass is 10.3. The molecule has 0 fully saturated rings. The molecule has 1 aromatic rings. The van der Waals surface area contributed by atoms with Crippen LogP contribution in [0.2, 0.25) is 0 Å². The standard InChI is InChI=1S/C8H8ClNO2/c1-10(8(9)11)12-7-5-3-2-4-6-7/h2-6H,1H3. The van der Waals surface area contributed by atoms with Gasteiger partial charge in [-0.05, 0) is 23.7 Å². The van der Waals surface area contributed by atoms with Crippen molar-refractivity contribution in [2.75, 3.05) is 7.05 Å². The minimum atomic E-state index is -0.654. The van der Waals surface area contributed by atoms with Gasteiger partial charge in [-0.15, -0.1) is 0 Å².